The Morgan fingerprint density at radius 3 is 2.30 bits per heavy atom. The van der Waals surface area contributed by atoms with E-state index >= 15 is 0 Å². The van der Waals surface area contributed by atoms with Gasteiger partial charge in [-0.3, -0.25) is 4.79 Å². The summed E-state index contributed by atoms with van der Waals surface area (Å²) in [6, 6.07) is 1.81. The highest BCUT2D eigenvalue weighted by Gasteiger charge is 2.24. The quantitative estimate of drug-likeness (QED) is 0.214. The maximum absolute atomic E-state index is 13.2. The molecule has 0 amide bonds. The molecule has 0 aliphatic carbocycles. The van der Waals surface area contributed by atoms with Crippen molar-refractivity contribution >= 4 is 11.8 Å². The summed E-state index contributed by atoms with van der Waals surface area (Å²) < 4.78 is 11.0. The second-order valence-corrected chi connectivity index (χ2v) is 7.25. The number of hydrogen-bond acceptors (Lipinski definition) is 5. The number of aryl methyl sites for hydroxylation is 1. The lowest BCUT2D eigenvalue weighted by atomic mass is 9.92. The van der Waals surface area contributed by atoms with Crippen molar-refractivity contribution in [2.45, 2.75) is 54.1 Å². The van der Waals surface area contributed by atoms with Crippen LogP contribution in [0.5, 0.6) is 5.75 Å². The van der Waals surface area contributed by atoms with Gasteiger partial charge in [0.1, 0.15) is 11.3 Å². The topological polar surface area (TPSA) is 55.8 Å². The van der Waals surface area contributed by atoms with Gasteiger partial charge in [-0.25, -0.2) is 4.79 Å². The van der Waals surface area contributed by atoms with Gasteiger partial charge in [-0.2, -0.15) is 0 Å². The Bertz CT molecular complexity index is 718. The summed E-state index contributed by atoms with van der Waals surface area (Å²) in [5, 5.41) is 0. The molecular weight excluding hydrogens is 342 g/mol. The van der Waals surface area contributed by atoms with Crippen LogP contribution in [0, 0.1) is 20.8 Å². The number of ether oxygens (including phenoxy) is 2. The first-order valence-corrected chi connectivity index (χ1v) is 9.44. The standard InChI is InChI=1S/C22H33NO4/c1-9-26-22(25)18(11-10-12-23(7)8)20(24)19-13-15(4)21(27-14(2)3)17(6)16(19)5/h11,13-14H,9-10,12H2,1-8H3. The zero-order valence-electron chi connectivity index (χ0n) is 17.9. The van der Waals surface area contributed by atoms with Gasteiger partial charge in [0.2, 0.25) is 0 Å². The predicted molar refractivity (Wildman–Crippen MR) is 109 cm³/mol. The summed E-state index contributed by atoms with van der Waals surface area (Å²) in [5.74, 6) is -0.0706. The molecule has 0 atom stereocenters. The number of Topliss-reactive ketones (excluding diaryl/α,β-unsaturated/α-hetero) is 1. The fourth-order valence-electron chi connectivity index (χ4n) is 2.80. The van der Waals surface area contributed by atoms with Crippen LogP contribution in [0.4, 0.5) is 0 Å². The van der Waals surface area contributed by atoms with Gasteiger partial charge >= 0.3 is 5.97 Å². The van der Waals surface area contributed by atoms with Gasteiger partial charge in [0.05, 0.1) is 12.7 Å². The number of hydrogen-bond donors (Lipinski definition) is 0. The van der Waals surface area contributed by atoms with E-state index in [4.69, 9.17) is 9.47 Å². The summed E-state index contributed by atoms with van der Waals surface area (Å²) >= 11 is 0. The Morgan fingerprint density at radius 1 is 1.15 bits per heavy atom. The van der Waals surface area contributed by atoms with E-state index in [2.05, 4.69) is 0 Å². The molecule has 0 heterocycles. The number of carbonyl (C=O) groups is 2. The van der Waals surface area contributed by atoms with Gasteiger partial charge in [0.25, 0.3) is 0 Å². The molecule has 150 valence electrons. The Balaban J connectivity index is 3.34. The number of esters is 1. The number of benzene rings is 1. The average Bonchev–Trinajstić information content (AvgIpc) is 2.58. The number of ketones is 1. The van der Waals surface area contributed by atoms with Gasteiger partial charge in [0, 0.05) is 12.1 Å². The maximum atomic E-state index is 13.2. The second-order valence-electron chi connectivity index (χ2n) is 7.25. The van der Waals surface area contributed by atoms with Gasteiger partial charge in [-0.15, -0.1) is 0 Å². The van der Waals surface area contributed by atoms with Crippen molar-refractivity contribution in [3.8, 4) is 5.75 Å². The smallest absolute Gasteiger partial charge is 0.341 e. The lowest BCUT2D eigenvalue weighted by molar-refractivity contribution is -0.138. The fourth-order valence-corrected chi connectivity index (χ4v) is 2.80. The fraction of sp³-hybridized carbons (Fsp3) is 0.545. The molecule has 0 unspecified atom stereocenters. The molecule has 0 saturated carbocycles. The van der Waals surface area contributed by atoms with Crippen LogP contribution in [0.15, 0.2) is 17.7 Å². The summed E-state index contributed by atoms with van der Waals surface area (Å²) in [6.07, 6.45) is 2.32. The van der Waals surface area contributed by atoms with E-state index in [1.165, 1.54) is 0 Å². The lowest BCUT2D eigenvalue weighted by Gasteiger charge is -2.19. The van der Waals surface area contributed by atoms with Crippen LogP contribution in [0.3, 0.4) is 0 Å². The van der Waals surface area contributed by atoms with E-state index in [1.807, 2.05) is 53.6 Å². The Morgan fingerprint density at radius 2 is 1.78 bits per heavy atom. The van der Waals surface area contributed by atoms with Crippen molar-refractivity contribution in [3.63, 3.8) is 0 Å². The zero-order chi connectivity index (χ0) is 20.7. The van der Waals surface area contributed by atoms with Crippen molar-refractivity contribution in [1.29, 1.82) is 0 Å². The zero-order valence-corrected chi connectivity index (χ0v) is 17.9. The first kappa shape index (κ1) is 22.9. The highest BCUT2D eigenvalue weighted by atomic mass is 16.5. The van der Waals surface area contributed by atoms with Crippen LogP contribution in [0.25, 0.3) is 0 Å². The molecule has 0 radical (unpaired) electrons. The molecule has 0 aliphatic rings. The van der Waals surface area contributed by atoms with Crippen LogP contribution >= 0.6 is 0 Å². The Hall–Kier alpha value is -2.14. The third-order valence-electron chi connectivity index (χ3n) is 4.29. The largest absolute Gasteiger partial charge is 0.490 e. The third-order valence-corrected chi connectivity index (χ3v) is 4.29. The van der Waals surface area contributed by atoms with Crippen LogP contribution in [-0.4, -0.2) is 50.0 Å². The minimum Gasteiger partial charge on any atom is -0.490 e. The van der Waals surface area contributed by atoms with E-state index in [9.17, 15) is 9.59 Å². The van der Waals surface area contributed by atoms with Crippen molar-refractivity contribution < 1.29 is 19.1 Å². The van der Waals surface area contributed by atoms with Crippen LogP contribution in [0.1, 0.15) is 54.2 Å². The van der Waals surface area contributed by atoms with Crippen molar-refractivity contribution in [1.82, 2.24) is 4.90 Å². The van der Waals surface area contributed by atoms with Crippen molar-refractivity contribution in [2.24, 2.45) is 0 Å². The normalized spacial score (nSPS) is 11.9. The van der Waals surface area contributed by atoms with Gasteiger partial charge < -0.3 is 14.4 Å². The molecule has 5 nitrogen and oxygen atoms in total. The number of nitrogens with zero attached hydrogens (tertiary/aromatic N) is 1. The van der Waals surface area contributed by atoms with Crippen LogP contribution in [-0.2, 0) is 9.53 Å². The molecule has 0 aromatic heterocycles. The Labute approximate surface area is 163 Å². The van der Waals surface area contributed by atoms with Gasteiger partial charge in [-0.05, 0) is 84.8 Å². The highest BCUT2D eigenvalue weighted by molar-refractivity contribution is 6.24. The third kappa shape index (κ3) is 6.21. The van der Waals surface area contributed by atoms with Crippen LogP contribution < -0.4 is 4.74 Å². The number of rotatable bonds is 9. The average molecular weight is 376 g/mol. The van der Waals surface area contributed by atoms with Gasteiger partial charge in [-0.1, -0.05) is 6.08 Å². The molecular formula is C22H33NO4. The molecule has 0 N–H and O–H groups in total. The summed E-state index contributed by atoms with van der Waals surface area (Å²) in [5.41, 5.74) is 3.24. The van der Waals surface area contributed by atoms with E-state index in [-0.39, 0.29) is 24.1 Å². The monoisotopic (exact) mass is 375 g/mol. The minimum absolute atomic E-state index is 0.0457. The maximum Gasteiger partial charge on any atom is 0.341 e. The molecule has 0 bridgehead atoms. The summed E-state index contributed by atoms with van der Waals surface area (Å²) in [7, 11) is 3.90. The molecule has 5 heteroatoms. The van der Waals surface area contributed by atoms with E-state index in [0.717, 1.165) is 29.0 Å². The van der Waals surface area contributed by atoms with E-state index in [1.54, 1.807) is 19.1 Å². The lowest BCUT2D eigenvalue weighted by Crippen LogP contribution is -2.19. The van der Waals surface area contributed by atoms with Crippen molar-refractivity contribution in [2.75, 3.05) is 27.2 Å². The molecule has 0 saturated heterocycles. The summed E-state index contributed by atoms with van der Waals surface area (Å²) in [4.78, 5) is 27.6. The van der Waals surface area contributed by atoms with E-state index < -0.39 is 5.97 Å². The molecule has 1 rings (SSSR count). The molecule has 0 spiro atoms. The van der Waals surface area contributed by atoms with Crippen LogP contribution in [0.2, 0.25) is 0 Å². The van der Waals surface area contributed by atoms with Gasteiger partial charge in [0.15, 0.2) is 5.78 Å². The SMILES string of the molecule is CCOC(=O)C(=CCCN(C)C)C(=O)c1cc(C)c(OC(C)C)c(C)c1C. The van der Waals surface area contributed by atoms with E-state index in [0.29, 0.717) is 12.0 Å². The first-order valence-electron chi connectivity index (χ1n) is 9.44. The molecule has 0 aliphatic heterocycles. The molecule has 1 aromatic carbocycles. The minimum atomic E-state index is -0.571. The Kier molecular flexibility index (Phi) is 8.70. The van der Waals surface area contributed by atoms with Crippen molar-refractivity contribution in [3.05, 3.63) is 40.0 Å². The predicted octanol–water partition coefficient (Wildman–Crippen LogP) is 4.02. The molecule has 0 fully saturated rings. The second kappa shape index (κ2) is 10.3. The first-order chi connectivity index (χ1) is 12.6. The molecule has 27 heavy (non-hydrogen) atoms. The molecule has 1 aromatic rings. The number of carbonyl (C=O) groups excluding carboxylic acids is 2. The highest BCUT2D eigenvalue weighted by Crippen LogP contribution is 2.31. The summed E-state index contributed by atoms with van der Waals surface area (Å²) in [6.45, 7) is 12.4.